The first-order valence-electron chi connectivity index (χ1n) is 5.52. The van der Waals surface area contributed by atoms with Gasteiger partial charge in [0, 0.05) is 18.6 Å². The molecule has 0 spiro atoms. The molecule has 2 unspecified atom stereocenters. The fourth-order valence-corrected chi connectivity index (χ4v) is 1.73. The molecule has 0 aliphatic carbocycles. The minimum atomic E-state index is 0.0786. The van der Waals surface area contributed by atoms with E-state index in [9.17, 15) is 0 Å². The topological polar surface area (TPSA) is 38.5 Å². The van der Waals surface area contributed by atoms with Gasteiger partial charge < -0.3 is 10.5 Å². The highest BCUT2D eigenvalue weighted by atomic mass is 16.5. The molecule has 3 nitrogen and oxygen atoms in total. The molecule has 1 saturated heterocycles. The number of hydrogen-bond acceptors (Lipinski definition) is 3. The van der Waals surface area contributed by atoms with Gasteiger partial charge in [-0.25, -0.2) is 0 Å². The van der Waals surface area contributed by atoms with Crippen molar-refractivity contribution in [3.05, 3.63) is 0 Å². The van der Waals surface area contributed by atoms with Gasteiger partial charge in [-0.1, -0.05) is 0 Å². The number of nitrogens with zero attached hydrogens (tertiary/aromatic N) is 1. The molecular formula is C11H24N2O. The molecule has 0 aromatic heterocycles. The Morgan fingerprint density at radius 2 is 2.07 bits per heavy atom. The van der Waals surface area contributed by atoms with Crippen molar-refractivity contribution in [3.63, 3.8) is 0 Å². The second-order valence-electron chi connectivity index (χ2n) is 5.04. The van der Waals surface area contributed by atoms with Crippen LogP contribution in [0.15, 0.2) is 0 Å². The first kappa shape index (κ1) is 12.0. The fourth-order valence-electron chi connectivity index (χ4n) is 1.73. The molecule has 1 aliphatic rings. The first-order chi connectivity index (χ1) is 6.45. The maximum atomic E-state index is 5.79. The lowest BCUT2D eigenvalue weighted by molar-refractivity contribution is 0.0167. The monoisotopic (exact) mass is 200 g/mol. The summed E-state index contributed by atoms with van der Waals surface area (Å²) in [7, 11) is 2.12. The van der Waals surface area contributed by atoms with Crippen molar-refractivity contribution < 1.29 is 4.74 Å². The molecule has 1 aliphatic heterocycles. The quantitative estimate of drug-likeness (QED) is 0.741. The minimum absolute atomic E-state index is 0.0786. The van der Waals surface area contributed by atoms with Gasteiger partial charge in [-0.15, -0.1) is 0 Å². The Labute approximate surface area is 87.6 Å². The van der Waals surface area contributed by atoms with E-state index in [0.29, 0.717) is 18.8 Å². The summed E-state index contributed by atoms with van der Waals surface area (Å²) in [6, 6.07) is 0. The number of nitrogens with two attached hydrogens (primary N) is 1. The molecule has 0 aromatic rings. The van der Waals surface area contributed by atoms with Crippen LogP contribution < -0.4 is 5.73 Å². The van der Waals surface area contributed by atoms with Gasteiger partial charge in [0.05, 0.1) is 12.2 Å². The lowest BCUT2D eigenvalue weighted by Gasteiger charge is -2.36. The Balaban J connectivity index is 2.37. The SMILES string of the molecule is CC1CCC(CN(C)C(C)(C)CN)O1. The predicted molar refractivity (Wildman–Crippen MR) is 59.3 cm³/mol. The summed E-state index contributed by atoms with van der Waals surface area (Å²) in [6.07, 6.45) is 3.23. The highest BCUT2D eigenvalue weighted by molar-refractivity contribution is 4.83. The van der Waals surface area contributed by atoms with Crippen LogP contribution in [0, 0.1) is 0 Å². The summed E-state index contributed by atoms with van der Waals surface area (Å²) in [5, 5.41) is 0. The zero-order chi connectivity index (χ0) is 10.8. The second-order valence-corrected chi connectivity index (χ2v) is 5.04. The molecule has 3 heteroatoms. The van der Waals surface area contributed by atoms with Crippen LogP contribution in [0.1, 0.15) is 33.6 Å². The molecule has 84 valence electrons. The van der Waals surface area contributed by atoms with E-state index in [1.807, 2.05) is 0 Å². The highest BCUT2D eigenvalue weighted by Crippen LogP contribution is 2.21. The summed E-state index contributed by atoms with van der Waals surface area (Å²) in [5.74, 6) is 0. The smallest absolute Gasteiger partial charge is 0.0706 e. The van der Waals surface area contributed by atoms with Gasteiger partial charge in [0.1, 0.15) is 0 Å². The lowest BCUT2D eigenvalue weighted by Crippen LogP contribution is -2.49. The van der Waals surface area contributed by atoms with Crippen LogP contribution in [0.4, 0.5) is 0 Å². The second kappa shape index (κ2) is 4.60. The zero-order valence-electron chi connectivity index (χ0n) is 9.92. The number of ether oxygens (including phenoxy) is 1. The molecule has 0 bridgehead atoms. The Bertz CT molecular complexity index is 182. The largest absolute Gasteiger partial charge is 0.374 e. The number of rotatable bonds is 4. The Hall–Kier alpha value is -0.120. The van der Waals surface area contributed by atoms with Gasteiger partial charge in [-0.2, -0.15) is 0 Å². The molecule has 2 atom stereocenters. The summed E-state index contributed by atoms with van der Waals surface area (Å²) in [5.41, 5.74) is 5.80. The van der Waals surface area contributed by atoms with Crippen LogP contribution in [0.3, 0.4) is 0 Å². The van der Waals surface area contributed by atoms with Crippen molar-refractivity contribution in [1.82, 2.24) is 4.90 Å². The zero-order valence-corrected chi connectivity index (χ0v) is 9.92. The highest BCUT2D eigenvalue weighted by Gasteiger charge is 2.28. The molecule has 1 fully saturated rings. The molecule has 0 radical (unpaired) electrons. The van der Waals surface area contributed by atoms with E-state index in [1.54, 1.807) is 0 Å². The van der Waals surface area contributed by atoms with E-state index in [4.69, 9.17) is 10.5 Å². The Kier molecular flexibility index (Phi) is 3.93. The van der Waals surface area contributed by atoms with E-state index >= 15 is 0 Å². The first-order valence-corrected chi connectivity index (χ1v) is 5.52. The third-order valence-electron chi connectivity index (χ3n) is 3.33. The van der Waals surface area contributed by atoms with Crippen LogP contribution in [0.25, 0.3) is 0 Å². The van der Waals surface area contributed by atoms with Crippen molar-refractivity contribution in [2.75, 3.05) is 20.1 Å². The van der Waals surface area contributed by atoms with E-state index in [-0.39, 0.29) is 5.54 Å². The summed E-state index contributed by atoms with van der Waals surface area (Å²) < 4.78 is 5.79. The van der Waals surface area contributed by atoms with E-state index in [1.165, 1.54) is 12.8 Å². The lowest BCUT2D eigenvalue weighted by atomic mass is 10.0. The minimum Gasteiger partial charge on any atom is -0.374 e. The van der Waals surface area contributed by atoms with Crippen LogP contribution in [-0.4, -0.2) is 42.8 Å². The van der Waals surface area contributed by atoms with Crippen LogP contribution in [0.5, 0.6) is 0 Å². The van der Waals surface area contributed by atoms with Crippen molar-refractivity contribution >= 4 is 0 Å². The molecule has 2 N–H and O–H groups in total. The normalized spacial score (nSPS) is 28.7. The summed E-state index contributed by atoms with van der Waals surface area (Å²) in [4.78, 5) is 2.30. The van der Waals surface area contributed by atoms with Crippen LogP contribution >= 0.6 is 0 Å². The Morgan fingerprint density at radius 1 is 1.43 bits per heavy atom. The van der Waals surface area contributed by atoms with E-state index in [2.05, 4.69) is 32.7 Å². The van der Waals surface area contributed by atoms with Crippen LogP contribution in [0.2, 0.25) is 0 Å². The third kappa shape index (κ3) is 2.94. The maximum Gasteiger partial charge on any atom is 0.0706 e. The van der Waals surface area contributed by atoms with Gasteiger partial charge in [0.25, 0.3) is 0 Å². The van der Waals surface area contributed by atoms with Gasteiger partial charge >= 0.3 is 0 Å². The summed E-state index contributed by atoms with van der Waals surface area (Å²) in [6.45, 7) is 8.17. The molecule has 0 aromatic carbocycles. The van der Waals surface area contributed by atoms with Gasteiger partial charge in [0.2, 0.25) is 0 Å². The standard InChI is InChI=1S/C11H24N2O/c1-9-5-6-10(14-9)7-13(4)11(2,3)8-12/h9-10H,5-8,12H2,1-4H3. The molecule has 1 rings (SSSR count). The fraction of sp³-hybridized carbons (Fsp3) is 1.00. The van der Waals surface area contributed by atoms with E-state index in [0.717, 1.165) is 6.54 Å². The molecule has 14 heavy (non-hydrogen) atoms. The third-order valence-corrected chi connectivity index (χ3v) is 3.33. The summed E-state index contributed by atoms with van der Waals surface area (Å²) >= 11 is 0. The van der Waals surface area contributed by atoms with Crippen molar-refractivity contribution in [2.24, 2.45) is 5.73 Å². The van der Waals surface area contributed by atoms with Crippen molar-refractivity contribution in [2.45, 2.75) is 51.4 Å². The average Bonchev–Trinajstić information content (AvgIpc) is 2.51. The molecule has 1 heterocycles. The number of likely N-dealkylation sites (N-methyl/N-ethyl adjacent to an activating group) is 1. The van der Waals surface area contributed by atoms with Gasteiger partial charge in [-0.3, -0.25) is 4.90 Å². The van der Waals surface area contributed by atoms with Gasteiger partial charge in [0.15, 0.2) is 0 Å². The average molecular weight is 200 g/mol. The maximum absolute atomic E-state index is 5.79. The van der Waals surface area contributed by atoms with Crippen molar-refractivity contribution in [3.8, 4) is 0 Å². The van der Waals surface area contributed by atoms with Crippen molar-refractivity contribution in [1.29, 1.82) is 0 Å². The number of hydrogen-bond donors (Lipinski definition) is 1. The molecular weight excluding hydrogens is 176 g/mol. The molecule has 0 saturated carbocycles. The molecule has 0 amide bonds. The Morgan fingerprint density at radius 3 is 2.50 bits per heavy atom. The van der Waals surface area contributed by atoms with Crippen LogP contribution in [-0.2, 0) is 4.74 Å². The van der Waals surface area contributed by atoms with E-state index < -0.39 is 0 Å². The predicted octanol–water partition coefficient (Wildman–Crippen LogP) is 1.22. The van der Waals surface area contributed by atoms with Gasteiger partial charge in [-0.05, 0) is 40.7 Å².